The molecule has 3 aliphatic rings. The van der Waals surface area contributed by atoms with Gasteiger partial charge in [-0.2, -0.15) is 0 Å². The first-order valence-electron chi connectivity index (χ1n) is 8.06. The lowest BCUT2D eigenvalue weighted by Crippen LogP contribution is -2.08. The maximum Gasteiger partial charge on any atom is 0.0824 e. The van der Waals surface area contributed by atoms with E-state index in [1.807, 2.05) is 0 Å². The van der Waals surface area contributed by atoms with Crippen molar-refractivity contribution in [1.29, 1.82) is 0 Å². The molecule has 1 N–H and O–H groups in total. The van der Waals surface area contributed by atoms with E-state index in [0.29, 0.717) is 5.92 Å². The van der Waals surface area contributed by atoms with Gasteiger partial charge in [-0.15, -0.1) is 0 Å². The van der Waals surface area contributed by atoms with Crippen LogP contribution in [-0.4, -0.2) is 5.11 Å². The lowest BCUT2D eigenvalue weighted by molar-refractivity contribution is 0.130. The highest BCUT2D eigenvalue weighted by atomic mass is 16.3. The second kappa shape index (κ2) is 4.34. The van der Waals surface area contributed by atoms with Gasteiger partial charge in [-0.3, -0.25) is 0 Å². The molecule has 0 aromatic heterocycles. The lowest BCUT2D eigenvalue weighted by atomic mass is 9.94. The second-order valence-corrected chi connectivity index (χ2v) is 7.01. The summed E-state index contributed by atoms with van der Waals surface area (Å²) < 4.78 is 0. The molecular formula is C18H24O. The number of hydrogen-bond donors (Lipinski definition) is 1. The third kappa shape index (κ3) is 1.78. The first-order chi connectivity index (χ1) is 9.29. The van der Waals surface area contributed by atoms with E-state index in [-0.39, 0.29) is 6.10 Å². The highest BCUT2D eigenvalue weighted by molar-refractivity contribution is 5.29. The summed E-state index contributed by atoms with van der Waals surface area (Å²) in [4.78, 5) is 0. The maximum atomic E-state index is 10.7. The Morgan fingerprint density at radius 2 is 1.95 bits per heavy atom. The molecule has 19 heavy (non-hydrogen) atoms. The Kier molecular flexibility index (Phi) is 2.73. The van der Waals surface area contributed by atoms with Crippen LogP contribution in [0.2, 0.25) is 0 Å². The van der Waals surface area contributed by atoms with E-state index in [9.17, 15) is 5.11 Å². The van der Waals surface area contributed by atoms with Gasteiger partial charge in [0, 0.05) is 0 Å². The minimum atomic E-state index is -0.199. The molecule has 4 rings (SSSR count). The predicted molar refractivity (Wildman–Crippen MR) is 76.7 cm³/mol. The van der Waals surface area contributed by atoms with Crippen LogP contribution in [0, 0.1) is 29.6 Å². The fourth-order valence-electron chi connectivity index (χ4n) is 5.26. The molecule has 3 fully saturated rings. The van der Waals surface area contributed by atoms with Gasteiger partial charge in [0.15, 0.2) is 0 Å². The fourth-order valence-corrected chi connectivity index (χ4v) is 5.26. The van der Waals surface area contributed by atoms with Crippen LogP contribution in [-0.2, 0) is 6.42 Å². The van der Waals surface area contributed by atoms with Crippen molar-refractivity contribution in [2.24, 2.45) is 29.6 Å². The van der Waals surface area contributed by atoms with Crippen molar-refractivity contribution in [2.45, 2.75) is 45.1 Å². The lowest BCUT2D eigenvalue weighted by Gasteiger charge is -2.16. The minimum absolute atomic E-state index is 0.199. The van der Waals surface area contributed by atoms with Crippen molar-refractivity contribution in [1.82, 2.24) is 0 Å². The second-order valence-electron chi connectivity index (χ2n) is 7.01. The Balaban J connectivity index is 1.52. The first kappa shape index (κ1) is 12.0. The molecule has 102 valence electrons. The zero-order valence-electron chi connectivity index (χ0n) is 11.8. The first-order valence-corrected chi connectivity index (χ1v) is 8.06. The van der Waals surface area contributed by atoms with Crippen LogP contribution in [0.5, 0.6) is 0 Å². The van der Waals surface area contributed by atoms with E-state index >= 15 is 0 Å². The average Bonchev–Trinajstić information content (AvgIpc) is 2.86. The fraction of sp³-hybridized carbons (Fsp3) is 0.667. The predicted octanol–water partition coefficient (Wildman–Crippen LogP) is 3.96. The average molecular weight is 256 g/mol. The number of aliphatic hydroxyl groups is 1. The van der Waals surface area contributed by atoms with Crippen LogP contribution >= 0.6 is 0 Å². The molecule has 3 saturated carbocycles. The van der Waals surface area contributed by atoms with E-state index in [0.717, 1.165) is 30.1 Å². The van der Waals surface area contributed by atoms with Crippen LogP contribution in [0.3, 0.4) is 0 Å². The Hall–Kier alpha value is -0.820. The van der Waals surface area contributed by atoms with Gasteiger partial charge in [0.25, 0.3) is 0 Å². The zero-order chi connectivity index (χ0) is 13.0. The van der Waals surface area contributed by atoms with E-state index in [2.05, 4.69) is 31.2 Å². The summed E-state index contributed by atoms with van der Waals surface area (Å²) in [6, 6.07) is 8.68. The minimum Gasteiger partial charge on any atom is -0.388 e. The van der Waals surface area contributed by atoms with Crippen molar-refractivity contribution < 1.29 is 5.11 Å². The van der Waals surface area contributed by atoms with E-state index in [1.165, 1.54) is 36.8 Å². The highest BCUT2D eigenvalue weighted by Gasteiger charge is 2.66. The summed E-state index contributed by atoms with van der Waals surface area (Å²) >= 11 is 0. The topological polar surface area (TPSA) is 20.2 Å². The van der Waals surface area contributed by atoms with Gasteiger partial charge in [-0.05, 0) is 66.4 Å². The molecule has 0 saturated heterocycles. The van der Waals surface area contributed by atoms with Gasteiger partial charge < -0.3 is 5.11 Å². The molecule has 3 aliphatic carbocycles. The van der Waals surface area contributed by atoms with Gasteiger partial charge in [0.05, 0.1) is 6.10 Å². The third-order valence-electron chi connectivity index (χ3n) is 5.99. The quantitative estimate of drug-likeness (QED) is 0.864. The molecule has 0 aliphatic heterocycles. The number of benzene rings is 1. The van der Waals surface area contributed by atoms with Gasteiger partial charge in [0.1, 0.15) is 0 Å². The maximum absolute atomic E-state index is 10.7. The monoisotopic (exact) mass is 256 g/mol. The summed E-state index contributed by atoms with van der Waals surface area (Å²) in [5.74, 6) is 4.22. The standard InChI is InChI=1S/C18H24O/c1-2-4-11-5-3-6-14(9-11)18(19)17-15-12-7-8-13(10-12)16(15)17/h3,5-6,9,12-13,15-19H,2,4,7-8,10H2,1H3. The van der Waals surface area contributed by atoms with Gasteiger partial charge in [-0.1, -0.05) is 37.6 Å². The van der Waals surface area contributed by atoms with E-state index < -0.39 is 0 Å². The van der Waals surface area contributed by atoms with Crippen molar-refractivity contribution in [3.63, 3.8) is 0 Å². The van der Waals surface area contributed by atoms with Crippen molar-refractivity contribution in [3.05, 3.63) is 35.4 Å². The Morgan fingerprint density at radius 3 is 2.63 bits per heavy atom. The molecule has 0 amide bonds. The van der Waals surface area contributed by atoms with Crippen LogP contribution in [0.25, 0.3) is 0 Å². The molecule has 1 heteroatoms. The Morgan fingerprint density at radius 1 is 1.21 bits per heavy atom. The summed E-state index contributed by atoms with van der Waals surface area (Å²) in [5, 5.41) is 10.7. The zero-order valence-corrected chi connectivity index (χ0v) is 11.8. The van der Waals surface area contributed by atoms with E-state index in [1.54, 1.807) is 0 Å². The largest absolute Gasteiger partial charge is 0.388 e. The van der Waals surface area contributed by atoms with Gasteiger partial charge in [0.2, 0.25) is 0 Å². The molecule has 1 aromatic carbocycles. The van der Waals surface area contributed by atoms with Gasteiger partial charge in [-0.25, -0.2) is 0 Å². The summed E-state index contributed by atoms with van der Waals surface area (Å²) in [5.41, 5.74) is 2.55. The number of aryl methyl sites for hydroxylation is 1. The number of fused-ring (bicyclic) bond motifs is 5. The molecule has 1 aromatic rings. The Labute approximate surface area is 116 Å². The van der Waals surface area contributed by atoms with Crippen LogP contribution in [0.1, 0.15) is 49.8 Å². The van der Waals surface area contributed by atoms with Crippen LogP contribution in [0.4, 0.5) is 0 Å². The third-order valence-corrected chi connectivity index (χ3v) is 5.99. The highest BCUT2D eigenvalue weighted by Crippen LogP contribution is 2.72. The Bertz CT molecular complexity index is 464. The normalized spacial score (nSPS) is 40.2. The SMILES string of the molecule is CCCc1cccc(C(O)C2C3C4CCC(C4)C32)c1. The molecule has 2 bridgehead atoms. The van der Waals surface area contributed by atoms with Crippen LogP contribution in [0.15, 0.2) is 24.3 Å². The summed E-state index contributed by atoms with van der Waals surface area (Å²) in [7, 11) is 0. The number of hydrogen-bond acceptors (Lipinski definition) is 1. The number of aliphatic hydroxyl groups excluding tert-OH is 1. The van der Waals surface area contributed by atoms with Crippen molar-refractivity contribution in [2.75, 3.05) is 0 Å². The smallest absolute Gasteiger partial charge is 0.0824 e. The summed E-state index contributed by atoms with van der Waals surface area (Å²) in [6.07, 6.45) is 6.45. The van der Waals surface area contributed by atoms with Crippen LogP contribution < -0.4 is 0 Å². The molecule has 0 spiro atoms. The van der Waals surface area contributed by atoms with Crippen molar-refractivity contribution in [3.8, 4) is 0 Å². The van der Waals surface area contributed by atoms with Crippen molar-refractivity contribution >= 4 is 0 Å². The molecule has 5 unspecified atom stereocenters. The van der Waals surface area contributed by atoms with E-state index in [4.69, 9.17) is 0 Å². The van der Waals surface area contributed by atoms with Gasteiger partial charge >= 0.3 is 0 Å². The summed E-state index contributed by atoms with van der Waals surface area (Å²) in [6.45, 7) is 2.21. The molecular weight excluding hydrogens is 232 g/mol. The molecule has 1 nitrogen and oxygen atoms in total. The number of rotatable bonds is 4. The molecule has 5 atom stereocenters. The molecule has 0 radical (unpaired) electrons. The molecule has 0 heterocycles.